The lowest BCUT2D eigenvalue weighted by Crippen LogP contribution is -2.32. The van der Waals surface area contributed by atoms with E-state index in [0.29, 0.717) is 17.2 Å². The predicted octanol–water partition coefficient (Wildman–Crippen LogP) is 2.18. The Bertz CT molecular complexity index is 623. The molecule has 0 saturated carbocycles. The average molecular weight is 290 g/mol. The van der Waals surface area contributed by atoms with Crippen LogP contribution in [0, 0.1) is 23.2 Å². The Kier molecular flexibility index (Phi) is 4.26. The van der Waals surface area contributed by atoms with Crippen LogP contribution < -0.4 is 0 Å². The first kappa shape index (κ1) is 14.4. The molecule has 20 heavy (non-hydrogen) atoms. The fourth-order valence-corrected chi connectivity index (χ4v) is 2.19. The van der Waals surface area contributed by atoms with Gasteiger partial charge in [-0.3, -0.25) is 9.59 Å². The zero-order valence-corrected chi connectivity index (χ0v) is 11.6. The van der Waals surface area contributed by atoms with Gasteiger partial charge >= 0.3 is 0 Å². The van der Waals surface area contributed by atoms with E-state index in [1.165, 1.54) is 0 Å². The zero-order valence-electron chi connectivity index (χ0n) is 10.8. The van der Waals surface area contributed by atoms with Gasteiger partial charge in [-0.1, -0.05) is 24.6 Å². The molecule has 1 aliphatic carbocycles. The lowest BCUT2D eigenvalue weighted by Gasteiger charge is -2.19. The second kappa shape index (κ2) is 5.93. The summed E-state index contributed by atoms with van der Waals surface area (Å²) in [7, 11) is 0. The van der Waals surface area contributed by atoms with Crippen LogP contribution in [-0.4, -0.2) is 23.2 Å². The van der Waals surface area contributed by atoms with Gasteiger partial charge in [-0.15, -0.1) is 0 Å². The van der Waals surface area contributed by atoms with E-state index in [1.807, 2.05) is 13.0 Å². The molecule has 0 spiro atoms. The van der Waals surface area contributed by atoms with Crippen molar-refractivity contribution < 1.29 is 9.59 Å². The van der Waals surface area contributed by atoms with Crippen molar-refractivity contribution in [3.8, 4) is 6.07 Å². The quantitative estimate of drug-likeness (QED) is 0.795. The number of halogens is 1. The molecule has 0 N–H and O–H groups in total. The number of aliphatic imine (C=N–C) groups is 2. The maximum atomic E-state index is 11.9. The lowest BCUT2D eigenvalue weighted by molar-refractivity contribution is -0.119. The summed E-state index contributed by atoms with van der Waals surface area (Å²) < 4.78 is 0. The first-order valence-electron chi connectivity index (χ1n) is 6.25. The lowest BCUT2D eigenvalue weighted by atomic mass is 9.94. The van der Waals surface area contributed by atoms with Crippen molar-refractivity contribution in [2.45, 2.75) is 19.8 Å². The summed E-state index contributed by atoms with van der Waals surface area (Å²) in [6, 6.07) is 1.87. The largest absolute Gasteiger partial charge is 0.298 e. The molecule has 1 aliphatic heterocycles. The smallest absolute Gasteiger partial charge is 0.260 e. The number of nitrogens with zero attached hydrogens (tertiary/aromatic N) is 3. The number of carbonyl (C=O) groups is 2. The molecule has 0 aromatic heterocycles. The fraction of sp³-hybridized carbons (Fsp3) is 0.357. The SMILES string of the molecule is CCCC(=O)C(C#N)C1=NC(=O)C2C=CC(Cl)=CC2=N1. The third kappa shape index (κ3) is 2.75. The molecule has 2 rings (SSSR count). The topological polar surface area (TPSA) is 82.6 Å². The highest BCUT2D eigenvalue weighted by molar-refractivity contribution is 6.35. The molecule has 1 amide bonds. The summed E-state index contributed by atoms with van der Waals surface area (Å²) in [5.74, 6) is -2.39. The van der Waals surface area contributed by atoms with Crippen molar-refractivity contribution in [1.82, 2.24) is 0 Å². The van der Waals surface area contributed by atoms with Crippen LogP contribution in [0.5, 0.6) is 0 Å². The van der Waals surface area contributed by atoms with E-state index in [2.05, 4.69) is 9.98 Å². The summed E-state index contributed by atoms with van der Waals surface area (Å²) >= 11 is 5.87. The van der Waals surface area contributed by atoms with Crippen LogP contribution in [0.25, 0.3) is 0 Å². The maximum absolute atomic E-state index is 11.9. The Morgan fingerprint density at radius 2 is 2.30 bits per heavy atom. The molecule has 5 nitrogen and oxygen atoms in total. The zero-order chi connectivity index (χ0) is 14.7. The molecular weight excluding hydrogens is 278 g/mol. The average Bonchev–Trinajstić information content (AvgIpc) is 2.39. The highest BCUT2D eigenvalue weighted by atomic mass is 35.5. The molecule has 1 heterocycles. The van der Waals surface area contributed by atoms with Crippen LogP contribution in [0.15, 0.2) is 33.2 Å². The van der Waals surface area contributed by atoms with Gasteiger partial charge in [-0.25, -0.2) is 4.99 Å². The van der Waals surface area contributed by atoms with Gasteiger partial charge in [0.25, 0.3) is 5.91 Å². The van der Waals surface area contributed by atoms with Gasteiger partial charge in [-0.2, -0.15) is 10.3 Å². The van der Waals surface area contributed by atoms with Gasteiger partial charge in [0.2, 0.25) is 0 Å². The number of hydrogen-bond donors (Lipinski definition) is 0. The van der Waals surface area contributed by atoms with E-state index in [4.69, 9.17) is 16.9 Å². The van der Waals surface area contributed by atoms with Gasteiger partial charge < -0.3 is 0 Å². The summed E-state index contributed by atoms with van der Waals surface area (Å²) in [4.78, 5) is 31.8. The minimum Gasteiger partial charge on any atom is -0.298 e. The van der Waals surface area contributed by atoms with Crippen molar-refractivity contribution in [1.29, 1.82) is 5.26 Å². The standard InChI is InChI=1S/C14H12ClN3O2/c1-2-3-12(19)10(7-16)13-17-11-6-8(15)4-5-9(11)14(20)18-13/h4-6,9-10H,2-3H2,1H3. The summed E-state index contributed by atoms with van der Waals surface area (Å²) in [6.07, 6.45) is 5.66. The van der Waals surface area contributed by atoms with E-state index in [0.717, 1.165) is 0 Å². The third-order valence-corrected chi connectivity index (χ3v) is 3.23. The van der Waals surface area contributed by atoms with E-state index in [-0.39, 0.29) is 18.0 Å². The van der Waals surface area contributed by atoms with Crippen LogP contribution in [-0.2, 0) is 9.59 Å². The van der Waals surface area contributed by atoms with E-state index >= 15 is 0 Å². The molecule has 0 aromatic rings. The monoisotopic (exact) mass is 289 g/mol. The fourth-order valence-electron chi connectivity index (χ4n) is 2.01. The molecule has 0 radical (unpaired) electrons. The molecule has 2 atom stereocenters. The Morgan fingerprint density at radius 1 is 1.55 bits per heavy atom. The van der Waals surface area contributed by atoms with Crippen molar-refractivity contribution in [2.75, 3.05) is 0 Å². The number of amidine groups is 1. The molecule has 0 fully saturated rings. The Balaban J connectivity index is 2.34. The van der Waals surface area contributed by atoms with E-state index in [9.17, 15) is 9.59 Å². The first-order valence-corrected chi connectivity index (χ1v) is 6.63. The summed E-state index contributed by atoms with van der Waals surface area (Å²) in [5.41, 5.74) is 0.428. The van der Waals surface area contributed by atoms with Crippen LogP contribution in [0.1, 0.15) is 19.8 Å². The Morgan fingerprint density at radius 3 is 2.95 bits per heavy atom. The Labute approximate surface area is 121 Å². The molecule has 0 bridgehead atoms. The van der Waals surface area contributed by atoms with Crippen LogP contribution in [0.3, 0.4) is 0 Å². The molecule has 0 aromatic carbocycles. The molecule has 2 aliphatic rings. The van der Waals surface area contributed by atoms with Gasteiger partial charge in [0, 0.05) is 11.5 Å². The van der Waals surface area contributed by atoms with Gasteiger partial charge in [0.05, 0.1) is 11.8 Å². The predicted molar refractivity (Wildman–Crippen MR) is 75.5 cm³/mol. The van der Waals surface area contributed by atoms with Crippen LogP contribution >= 0.6 is 11.6 Å². The third-order valence-electron chi connectivity index (χ3n) is 2.99. The van der Waals surface area contributed by atoms with Gasteiger partial charge in [-0.05, 0) is 18.6 Å². The van der Waals surface area contributed by atoms with E-state index in [1.54, 1.807) is 18.2 Å². The molecule has 6 heteroatoms. The Hall–Kier alpha value is -2.06. The second-order valence-corrected chi connectivity index (χ2v) is 4.93. The highest BCUT2D eigenvalue weighted by Crippen LogP contribution is 2.23. The van der Waals surface area contributed by atoms with Crippen LogP contribution in [0.4, 0.5) is 0 Å². The first-order chi connectivity index (χ1) is 9.56. The number of rotatable bonds is 4. The molecule has 2 unspecified atom stereocenters. The number of ketones is 1. The maximum Gasteiger partial charge on any atom is 0.260 e. The number of nitriles is 1. The molecular formula is C14H12ClN3O2. The molecule has 102 valence electrons. The molecule has 0 saturated heterocycles. The number of allylic oxidation sites excluding steroid dienone is 3. The summed E-state index contributed by atoms with van der Waals surface area (Å²) in [5, 5.41) is 9.57. The minimum atomic E-state index is -1.09. The number of Topliss-reactive ketones (excluding diaryl/α,β-unsaturated/α-hetero) is 1. The second-order valence-electron chi connectivity index (χ2n) is 4.49. The van der Waals surface area contributed by atoms with Gasteiger partial charge in [0.1, 0.15) is 5.92 Å². The van der Waals surface area contributed by atoms with Crippen molar-refractivity contribution in [2.24, 2.45) is 21.8 Å². The minimum absolute atomic E-state index is 0.0294. The van der Waals surface area contributed by atoms with Crippen molar-refractivity contribution >= 4 is 34.8 Å². The normalized spacial score (nSPS) is 22.1. The summed E-state index contributed by atoms with van der Waals surface area (Å²) in [6.45, 7) is 1.84. The number of fused-ring (bicyclic) bond motifs is 1. The van der Waals surface area contributed by atoms with Crippen molar-refractivity contribution in [3.63, 3.8) is 0 Å². The highest BCUT2D eigenvalue weighted by Gasteiger charge is 2.32. The van der Waals surface area contributed by atoms with Crippen molar-refractivity contribution in [3.05, 3.63) is 23.3 Å². The van der Waals surface area contributed by atoms with Crippen LogP contribution in [0.2, 0.25) is 0 Å². The number of amides is 1. The van der Waals surface area contributed by atoms with Gasteiger partial charge in [0.15, 0.2) is 17.5 Å². The number of carbonyl (C=O) groups excluding carboxylic acids is 2. The number of hydrogen-bond acceptors (Lipinski definition) is 4. The van der Waals surface area contributed by atoms with E-state index < -0.39 is 17.7 Å².